The predicted molar refractivity (Wildman–Crippen MR) is 73.6 cm³/mol. The van der Waals surface area contributed by atoms with Crippen LogP contribution in [0.5, 0.6) is 5.75 Å². The topological polar surface area (TPSA) is 53.1 Å². The summed E-state index contributed by atoms with van der Waals surface area (Å²) in [7, 11) is 1.64. The predicted octanol–water partition coefficient (Wildman–Crippen LogP) is 2.64. The monoisotopic (exact) mass is 243 g/mol. The second-order valence-corrected chi connectivity index (χ2v) is 3.99. The number of imidazole rings is 1. The van der Waals surface area contributed by atoms with Gasteiger partial charge in [-0.25, -0.2) is 4.98 Å². The molecule has 2 N–H and O–H groups in total. The molecule has 0 radical (unpaired) electrons. The number of nitrogen functional groups attached to an aromatic ring is 1. The van der Waals surface area contributed by atoms with E-state index in [0.29, 0.717) is 12.4 Å². The van der Waals surface area contributed by atoms with E-state index in [2.05, 4.69) is 11.6 Å². The highest BCUT2D eigenvalue weighted by Crippen LogP contribution is 2.33. The summed E-state index contributed by atoms with van der Waals surface area (Å²) in [6.45, 7) is 6.31. The van der Waals surface area contributed by atoms with Crippen LogP contribution in [-0.4, -0.2) is 16.7 Å². The Morgan fingerprint density at radius 3 is 2.83 bits per heavy atom. The fraction of sp³-hybridized carbons (Fsp3) is 0.214. The van der Waals surface area contributed by atoms with Gasteiger partial charge in [0.25, 0.3) is 0 Å². The molecule has 0 spiro atoms. The average molecular weight is 243 g/mol. The number of ether oxygens (including phenoxy) is 1. The highest BCUT2D eigenvalue weighted by atomic mass is 16.5. The summed E-state index contributed by atoms with van der Waals surface area (Å²) in [5, 5.41) is 0. The third-order valence-electron chi connectivity index (χ3n) is 2.87. The molecule has 0 saturated heterocycles. The Morgan fingerprint density at radius 1 is 1.44 bits per heavy atom. The van der Waals surface area contributed by atoms with Crippen molar-refractivity contribution in [2.45, 2.75) is 13.5 Å². The Balaban J connectivity index is 2.57. The van der Waals surface area contributed by atoms with Crippen LogP contribution in [0.3, 0.4) is 0 Å². The van der Waals surface area contributed by atoms with Crippen LogP contribution in [0.2, 0.25) is 0 Å². The van der Waals surface area contributed by atoms with E-state index < -0.39 is 0 Å². The summed E-state index contributed by atoms with van der Waals surface area (Å²) >= 11 is 0. The molecule has 0 unspecified atom stereocenters. The summed E-state index contributed by atoms with van der Waals surface area (Å²) in [6, 6.07) is 7.72. The quantitative estimate of drug-likeness (QED) is 0.840. The van der Waals surface area contributed by atoms with Crippen molar-refractivity contribution in [3.63, 3.8) is 0 Å². The minimum atomic E-state index is 0.636. The minimum absolute atomic E-state index is 0.636. The van der Waals surface area contributed by atoms with Gasteiger partial charge in [-0.3, -0.25) is 0 Å². The van der Waals surface area contributed by atoms with Crippen molar-refractivity contribution in [1.29, 1.82) is 0 Å². The first kappa shape index (κ1) is 12.2. The number of benzene rings is 1. The molecule has 2 aromatic rings. The van der Waals surface area contributed by atoms with Crippen LogP contribution in [0.25, 0.3) is 11.3 Å². The van der Waals surface area contributed by atoms with Crippen LogP contribution in [0.15, 0.2) is 36.9 Å². The molecule has 0 atom stereocenters. The van der Waals surface area contributed by atoms with E-state index in [1.807, 2.05) is 35.8 Å². The number of para-hydroxylation sites is 1. The lowest BCUT2D eigenvalue weighted by Crippen LogP contribution is -2.03. The summed E-state index contributed by atoms with van der Waals surface area (Å²) in [4.78, 5) is 4.52. The van der Waals surface area contributed by atoms with Gasteiger partial charge < -0.3 is 15.0 Å². The average Bonchev–Trinajstić information content (AvgIpc) is 2.67. The van der Waals surface area contributed by atoms with Crippen molar-refractivity contribution in [2.24, 2.45) is 0 Å². The number of methoxy groups -OCH3 is 1. The molecule has 4 nitrogen and oxygen atoms in total. The normalized spacial score (nSPS) is 10.3. The van der Waals surface area contributed by atoms with Crippen LogP contribution < -0.4 is 10.5 Å². The summed E-state index contributed by atoms with van der Waals surface area (Å²) in [5.74, 6) is 2.28. The zero-order valence-electron chi connectivity index (χ0n) is 10.7. The zero-order chi connectivity index (χ0) is 13.1. The molecule has 0 bridgehead atoms. The molecule has 0 aliphatic rings. The van der Waals surface area contributed by atoms with E-state index in [0.717, 1.165) is 22.8 Å². The van der Waals surface area contributed by atoms with Gasteiger partial charge in [-0.2, -0.15) is 0 Å². The van der Waals surface area contributed by atoms with Crippen LogP contribution in [0, 0.1) is 6.92 Å². The highest BCUT2D eigenvalue weighted by Gasteiger charge is 2.15. The Hall–Kier alpha value is -2.23. The largest absolute Gasteiger partial charge is 0.496 e. The van der Waals surface area contributed by atoms with Crippen molar-refractivity contribution < 1.29 is 4.74 Å². The molecule has 1 heterocycles. The lowest BCUT2D eigenvalue weighted by Gasteiger charge is -2.07. The van der Waals surface area contributed by atoms with E-state index in [9.17, 15) is 0 Å². The van der Waals surface area contributed by atoms with E-state index in [1.165, 1.54) is 0 Å². The number of nitrogens with zero attached hydrogens (tertiary/aromatic N) is 2. The molecule has 0 saturated carbocycles. The van der Waals surface area contributed by atoms with Gasteiger partial charge in [-0.05, 0) is 19.1 Å². The van der Waals surface area contributed by atoms with E-state index in [4.69, 9.17) is 10.5 Å². The van der Waals surface area contributed by atoms with Crippen LogP contribution in [-0.2, 0) is 6.54 Å². The fourth-order valence-corrected chi connectivity index (χ4v) is 1.98. The van der Waals surface area contributed by atoms with Crippen molar-refractivity contribution in [3.05, 3.63) is 42.7 Å². The standard InChI is InChI=1S/C14H17N3O/c1-4-9-17-10(2)16-13(14(17)15)11-7-5-6-8-12(11)18-3/h4-8H,1,9,15H2,2-3H3. The molecule has 0 amide bonds. The third-order valence-corrected chi connectivity index (χ3v) is 2.87. The lowest BCUT2D eigenvalue weighted by atomic mass is 10.1. The number of aryl methyl sites for hydroxylation is 1. The zero-order valence-corrected chi connectivity index (χ0v) is 10.7. The number of nitrogens with two attached hydrogens (primary N) is 1. The van der Waals surface area contributed by atoms with Gasteiger partial charge in [0.05, 0.1) is 7.11 Å². The van der Waals surface area contributed by atoms with Crippen LogP contribution in [0.4, 0.5) is 5.82 Å². The fourth-order valence-electron chi connectivity index (χ4n) is 1.98. The number of hydrogen-bond donors (Lipinski definition) is 1. The maximum absolute atomic E-state index is 6.14. The summed E-state index contributed by atoms with van der Waals surface area (Å²) in [6.07, 6.45) is 1.80. The van der Waals surface area contributed by atoms with Gasteiger partial charge >= 0.3 is 0 Å². The van der Waals surface area contributed by atoms with Crippen molar-refractivity contribution in [3.8, 4) is 17.0 Å². The smallest absolute Gasteiger partial charge is 0.132 e. The van der Waals surface area contributed by atoms with E-state index >= 15 is 0 Å². The van der Waals surface area contributed by atoms with Crippen LogP contribution >= 0.6 is 0 Å². The molecule has 1 aromatic carbocycles. The van der Waals surface area contributed by atoms with Gasteiger partial charge in [0.15, 0.2) is 0 Å². The van der Waals surface area contributed by atoms with Gasteiger partial charge in [-0.15, -0.1) is 6.58 Å². The molecule has 94 valence electrons. The second kappa shape index (κ2) is 4.96. The van der Waals surface area contributed by atoms with Crippen molar-refractivity contribution >= 4 is 5.82 Å². The molecule has 0 aliphatic carbocycles. The number of aromatic nitrogens is 2. The maximum atomic E-state index is 6.14. The molecular weight excluding hydrogens is 226 g/mol. The van der Waals surface area contributed by atoms with Gasteiger partial charge in [0.2, 0.25) is 0 Å². The number of rotatable bonds is 4. The first-order valence-corrected chi connectivity index (χ1v) is 5.76. The minimum Gasteiger partial charge on any atom is -0.496 e. The lowest BCUT2D eigenvalue weighted by molar-refractivity contribution is 0.416. The Morgan fingerprint density at radius 2 is 2.17 bits per heavy atom. The molecular formula is C14H17N3O. The first-order chi connectivity index (χ1) is 8.69. The molecule has 18 heavy (non-hydrogen) atoms. The number of anilines is 1. The number of hydrogen-bond acceptors (Lipinski definition) is 3. The molecule has 4 heteroatoms. The molecule has 2 rings (SSSR count). The Bertz CT molecular complexity index is 572. The molecule has 1 aromatic heterocycles. The highest BCUT2D eigenvalue weighted by molar-refractivity contribution is 5.76. The maximum Gasteiger partial charge on any atom is 0.132 e. The van der Waals surface area contributed by atoms with E-state index in [1.54, 1.807) is 13.2 Å². The van der Waals surface area contributed by atoms with Gasteiger partial charge in [0.1, 0.15) is 23.1 Å². The summed E-state index contributed by atoms with van der Waals surface area (Å²) in [5.41, 5.74) is 7.81. The van der Waals surface area contributed by atoms with Crippen molar-refractivity contribution in [2.75, 3.05) is 12.8 Å². The third kappa shape index (κ3) is 1.97. The molecule has 0 aliphatic heterocycles. The van der Waals surface area contributed by atoms with E-state index in [-0.39, 0.29) is 0 Å². The Labute approximate surface area is 107 Å². The van der Waals surface area contributed by atoms with Crippen molar-refractivity contribution in [1.82, 2.24) is 9.55 Å². The first-order valence-electron chi connectivity index (χ1n) is 5.76. The van der Waals surface area contributed by atoms with Gasteiger partial charge in [-0.1, -0.05) is 18.2 Å². The molecule has 0 fully saturated rings. The SMILES string of the molecule is C=CCn1c(C)nc(-c2ccccc2OC)c1N. The number of allylic oxidation sites excluding steroid dienone is 1. The van der Waals surface area contributed by atoms with Gasteiger partial charge in [0, 0.05) is 12.1 Å². The summed E-state index contributed by atoms with van der Waals surface area (Å²) < 4.78 is 7.26. The Kier molecular flexibility index (Phi) is 3.37. The van der Waals surface area contributed by atoms with Crippen LogP contribution in [0.1, 0.15) is 5.82 Å². The second-order valence-electron chi connectivity index (χ2n) is 3.99.